The highest BCUT2D eigenvalue weighted by atomic mass is 16.5. The third-order valence-electron chi connectivity index (χ3n) is 5.29. The van der Waals surface area contributed by atoms with Crippen LogP contribution >= 0.6 is 0 Å². The highest BCUT2D eigenvalue weighted by molar-refractivity contribution is 5.75. The maximum Gasteiger partial charge on any atom is 0.119 e. The SMILES string of the molecule is COc1ccc(N2CCN(c3ccccc3Nc3ccc(C)cc3)CC2)cc1. The Bertz CT molecular complexity index is 898. The van der Waals surface area contributed by atoms with Crippen LogP contribution in [0.3, 0.4) is 0 Å². The van der Waals surface area contributed by atoms with Crippen molar-refractivity contribution in [1.29, 1.82) is 0 Å². The molecule has 0 spiro atoms. The molecule has 0 saturated carbocycles. The van der Waals surface area contributed by atoms with Crippen molar-refractivity contribution in [3.05, 3.63) is 78.4 Å². The zero-order chi connectivity index (χ0) is 19.3. The van der Waals surface area contributed by atoms with Crippen molar-refractivity contribution >= 4 is 22.7 Å². The molecule has 4 heteroatoms. The molecule has 0 amide bonds. The second-order valence-corrected chi connectivity index (χ2v) is 7.18. The molecule has 0 radical (unpaired) electrons. The Hall–Kier alpha value is -3.14. The van der Waals surface area contributed by atoms with Crippen molar-refractivity contribution in [3.8, 4) is 5.75 Å². The van der Waals surface area contributed by atoms with Crippen LogP contribution in [0, 0.1) is 6.92 Å². The third-order valence-corrected chi connectivity index (χ3v) is 5.29. The van der Waals surface area contributed by atoms with Crippen molar-refractivity contribution in [3.63, 3.8) is 0 Å². The number of para-hydroxylation sites is 2. The van der Waals surface area contributed by atoms with Gasteiger partial charge in [0.15, 0.2) is 0 Å². The molecular weight excluding hydrogens is 346 g/mol. The number of nitrogens with zero attached hydrogens (tertiary/aromatic N) is 2. The fourth-order valence-electron chi connectivity index (χ4n) is 3.65. The van der Waals surface area contributed by atoms with E-state index in [9.17, 15) is 0 Å². The molecule has 0 unspecified atom stereocenters. The van der Waals surface area contributed by atoms with Crippen LogP contribution in [-0.4, -0.2) is 33.3 Å². The summed E-state index contributed by atoms with van der Waals surface area (Å²) in [6.45, 7) is 6.12. The first-order valence-electron chi connectivity index (χ1n) is 9.79. The van der Waals surface area contributed by atoms with E-state index in [1.807, 2.05) is 12.1 Å². The van der Waals surface area contributed by atoms with Crippen LogP contribution < -0.4 is 19.9 Å². The summed E-state index contributed by atoms with van der Waals surface area (Å²) in [5, 5.41) is 3.58. The molecule has 1 N–H and O–H groups in total. The van der Waals surface area contributed by atoms with Gasteiger partial charge in [0.1, 0.15) is 5.75 Å². The summed E-state index contributed by atoms with van der Waals surface area (Å²) in [6, 6.07) is 25.5. The molecule has 4 rings (SSSR count). The maximum atomic E-state index is 5.27. The molecule has 1 saturated heterocycles. The van der Waals surface area contributed by atoms with Gasteiger partial charge in [0.25, 0.3) is 0 Å². The molecule has 1 heterocycles. The standard InChI is InChI=1S/C24H27N3O/c1-19-7-9-20(10-8-19)25-23-5-3-4-6-24(23)27-17-15-26(16-18-27)21-11-13-22(28-2)14-12-21/h3-14,25H,15-18H2,1-2H3. The van der Waals surface area contributed by atoms with Crippen LogP contribution in [0.2, 0.25) is 0 Å². The second kappa shape index (κ2) is 8.26. The molecule has 4 nitrogen and oxygen atoms in total. The molecule has 28 heavy (non-hydrogen) atoms. The molecule has 0 aromatic heterocycles. The number of hydrogen-bond donors (Lipinski definition) is 1. The number of nitrogens with one attached hydrogen (secondary N) is 1. The number of benzene rings is 3. The zero-order valence-corrected chi connectivity index (χ0v) is 16.6. The monoisotopic (exact) mass is 373 g/mol. The maximum absolute atomic E-state index is 5.27. The molecule has 0 atom stereocenters. The van der Waals surface area contributed by atoms with Gasteiger partial charge in [-0.1, -0.05) is 29.8 Å². The summed E-state index contributed by atoms with van der Waals surface area (Å²) >= 11 is 0. The molecule has 3 aromatic carbocycles. The van der Waals surface area contributed by atoms with Gasteiger partial charge < -0.3 is 19.9 Å². The number of ether oxygens (including phenoxy) is 1. The van der Waals surface area contributed by atoms with Gasteiger partial charge in [-0.05, 0) is 55.5 Å². The number of piperazine rings is 1. The smallest absolute Gasteiger partial charge is 0.119 e. The van der Waals surface area contributed by atoms with Crippen LogP contribution in [0.25, 0.3) is 0 Å². The lowest BCUT2D eigenvalue weighted by Gasteiger charge is -2.38. The van der Waals surface area contributed by atoms with E-state index in [4.69, 9.17) is 4.74 Å². The van der Waals surface area contributed by atoms with Crippen LogP contribution in [-0.2, 0) is 0 Å². The Balaban J connectivity index is 1.45. The number of methoxy groups -OCH3 is 1. The lowest BCUT2D eigenvalue weighted by atomic mass is 10.1. The Morgan fingerprint density at radius 1 is 0.750 bits per heavy atom. The van der Waals surface area contributed by atoms with E-state index in [0.717, 1.165) is 43.3 Å². The van der Waals surface area contributed by atoms with Gasteiger partial charge in [0, 0.05) is 37.6 Å². The zero-order valence-electron chi connectivity index (χ0n) is 16.6. The highest BCUT2D eigenvalue weighted by Gasteiger charge is 2.19. The van der Waals surface area contributed by atoms with E-state index in [0.29, 0.717) is 0 Å². The second-order valence-electron chi connectivity index (χ2n) is 7.18. The predicted molar refractivity (Wildman–Crippen MR) is 118 cm³/mol. The minimum absolute atomic E-state index is 0.901. The van der Waals surface area contributed by atoms with Gasteiger partial charge >= 0.3 is 0 Å². The van der Waals surface area contributed by atoms with Gasteiger partial charge in [-0.3, -0.25) is 0 Å². The quantitative estimate of drug-likeness (QED) is 0.675. The first-order valence-corrected chi connectivity index (χ1v) is 9.79. The molecule has 0 bridgehead atoms. The van der Waals surface area contributed by atoms with Crippen molar-refractivity contribution in [1.82, 2.24) is 0 Å². The van der Waals surface area contributed by atoms with Crippen molar-refractivity contribution in [2.24, 2.45) is 0 Å². The van der Waals surface area contributed by atoms with Gasteiger partial charge in [0.05, 0.1) is 18.5 Å². The van der Waals surface area contributed by atoms with Crippen molar-refractivity contribution < 1.29 is 4.74 Å². The van der Waals surface area contributed by atoms with Crippen LogP contribution in [0.15, 0.2) is 72.8 Å². The molecule has 1 aliphatic heterocycles. The Labute approximate surface area is 167 Å². The lowest BCUT2D eigenvalue weighted by Crippen LogP contribution is -2.46. The van der Waals surface area contributed by atoms with Gasteiger partial charge in [-0.25, -0.2) is 0 Å². The summed E-state index contributed by atoms with van der Waals surface area (Å²) < 4.78 is 5.27. The van der Waals surface area contributed by atoms with Gasteiger partial charge in [-0.15, -0.1) is 0 Å². The minimum atomic E-state index is 0.901. The molecule has 1 fully saturated rings. The summed E-state index contributed by atoms with van der Waals surface area (Å²) in [4.78, 5) is 4.91. The van der Waals surface area contributed by atoms with E-state index in [1.165, 1.54) is 16.9 Å². The van der Waals surface area contributed by atoms with Crippen molar-refractivity contribution in [2.45, 2.75) is 6.92 Å². The average Bonchev–Trinajstić information content (AvgIpc) is 2.76. The largest absolute Gasteiger partial charge is 0.497 e. The summed E-state index contributed by atoms with van der Waals surface area (Å²) in [6.07, 6.45) is 0. The van der Waals surface area contributed by atoms with Crippen LogP contribution in [0.1, 0.15) is 5.56 Å². The third kappa shape index (κ3) is 4.06. The predicted octanol–water partition coefficient (Wildman–Crippen LogP) is 5.07. The fraction of sp³-hybridized carbons (Fsp3) is 0.250. The van der Waals surface area contributed by atoms with Crippen molar-refractivity contribution in [2.75, 3.05) is 48.4 Å². The van der Waals surface area contributed by atoms with E-state index in [2.05, 4.69) is 82.7 Å². The molecular formula is C24H27N3O. The molecule has 3 aromatic rings. The van der Waals surface area contributed by atoms with Gasteiger partial charge in [0.2, 0.25) is 0 Å². The topological polar surface area (TPSA) is 27.7 Å². The molecule has 0 aliphatic carbocycles. The number of anilines is 4. The summed E-state index contributed by atoms with van der Waals surface area (Å²) in [5.74, 6) is 0.901. The molecule has 144 valence electrons. The van der Waals surface area contributed by atoms with Crippen LogP contribution in [0.5, 0.6) is 5.75 Å². The normalized spacial score (nSPS) is 14.1. The van der Waals surface area contributed by atoms with E-state index < -0.39 is 0 Å². The van der Waals surface area contributed by atoms with Crippen LogP contribution in [0.4, 0.5) is 22.7 Å². The number of aryl methyl sites for hydroxylation is 1. The summed E-state index contributed by atoms with van der Waals surface area (Å²) in [5.41, 5.74) is 6.07. The Kier molecular flexibility index (Phi) is 5.38. The summed E-state index contributed by atoms with van der Waals surface area (Å²) in [7, 11) is 1.70. The highest BCUT2D eigenvalue weighted by Crippen LogP contribution is 2.30. The Morgan fingerprint density at radius 2 is 1.39 bits per heavy atom. The Morgan fingerprint density at radius 3 is 2.07 bits per heavy atom. The van der Waals surface area contributed by atoms with Gasteiger partial charge in [-0.2, -0.15) is 0 Å². The van der Waals surface area contributed by atoms with E-state index in [-0.39, 0.29) is 0 Å². The number of rotatable bonds is 5. The minimum Gasteiger partial charge on any atom is -0.497 e. The first kappa shape index (κ1) is 18.2. The first-order chi connectivity index (χ1) is 13.7. The van der Waals surface area contributed by atoms with E-state index >= 15 is 0 Å². The molecule has 1 aliphatic rings. The van der Waals surface area contributed by atoms with E-state index in [1.54, 1.807) is 7.11 Å². The fourth-order valence-corrected chi connectivity index (χ4v) is 3.65. The average molecular weight is 374 g/mol. The lowest BCUT2D eigenvalue weighted by molar-refractivity contribution is 0.415. The number of hydrogen-bond acceptors (Lipinski definition) is 4.